The van der Waals surface area contributed by atoms with Gasteiger partial charge in [-0.25, -0.2) is 9.79 Å². The Morgan fingerprint density at radius 2 is 1.91 bits per heavy atom. The van der Waals surface area contributed by atoms with Crippen molar-refractivity contribution in [1.29, 1.82) is 0 Å². The highest BCUT2D eigenvalue weighted by molar-refractivity contribution is 6.30. The first-order chi connectivity index (χ1) is 11.1. The zero-order valence-electron chi connectivity index (χ0n) is 12.8. The summed E-state index contributed by atoms with van der Waals surface area (Å²) in [6.45, 7) is 2.06. The van der Waals surface area contributed by atoms with Crippen LogP contribution in [-0.4, -0.2) is 11.9 Å². The number of esters is 1. The molecule has 0 radical (unpaired) electrons. The van der Waals surface area contributed by atoms with Crippen molar-refractivity contribution in [2.75, 3.05) is 0 Å². The van der Waals surface area contributed by atoms with Gasteiger partial charge in [0.2, 0.25) is 0 Å². The number of hydrogen-bond donors (Lipinski definition) is 0. The van der Waals surface area contributed by atoms with Crippen molar-refractivity contribution >= 4 is 29.5 Å². The van der Waals surface area contributed by atoms with Crippen molar-refractivity contribution in [2.45, 2.75) is 19.8 Å². The maximum atomic E-state index is 11.9. The Kier molecular flexibility index (Phi) is 4.58. The Morgan fingerprint density at radius 1 is 1.13 bits per heavy atom. The van der Waals surface area contributed by atoms with E-state index in [1.165, 1.54) is 11.1 Å². The molecule has 0 saturated carbocycles. The fourth-order valence-electron chi connectivity index (χ4n) is 2.32. The number of cyclic esters (lactones) is 1. The molecular formula is C19H16ClNO2. The van der Waals surface area contributed by atoms with Crippen LogP contribution in [0.25, 0.3) is 6.08 Å². The van der Waals surface area contributed by atoms with Gasteiger partial charge in [-0.3, -0.25) is 0 Å². The van der Waals surface area contributed by atoms with E-state index in [0.29, 0.717) is 23.0 Å². The number of carbonyl (C=O) groups excluding carboxylic acids is 1. The molecule has 4 heteroatoms. The molecule has 0 saturated heterocycles. The fraction of sp³-hybridized carbons (Fsp3) is 0.158. The highest BCUT2D eigenvalue weighted by Gasteiger charge is 2.22. The predicted octanol–water partition coefficient (Wildman–Crippen LogP) is 4.58. The largest absolute Gasteiger partial charge is 0.407 e. The third-order valence-corrected chi connectivity index (χ3v) is 3.80. The van der Waals surface area contributed by atoms with E-state index in [1.807, 2.05) is 12.1 Å². The van der Waals surface area contributed by atoms with Crippen LogP contribution in [-0.2, 0) is 16.0 Å². The molecule has 1 heterocycles. The third-order valence-electron chi connectivity index (χ3n) is 3.57. The molecule has 0 spiro atoms. The van der Waals surface area contributed by atoms with Crippen LogP contribution in [0.3, 0.4) is 0 Å². The lowest BCUT2D eigenvalue weighted by molar-refractivity contribution is -0.130. The molecule has 0 unspecified atom stereocenters. The van der Waals surface area contributed by atoms with Gasteiger partial charge in [-0.1, -0.05) is 53.6 Å². The molecule has 0 aliphatic carbocycles. The second kappa shape index (κ2) is 6.80. The number of aryl methyl sites for hydroxylation is 2. The van der Waals surface area contributed by atoms with Crippen molar-refractivity contribution in [3.05, 3.63) is 75.9 Å². The standard InChI is InChI=1S/C19H16ClNO2/c1-13-5-7-14(8-6-13)9-10-18-21-17(19(22)23-18)12-15-3-2-4-16(20)11-15/h2-8,11-12H,9-10H2,1H3/b17-12+. The maximum absolute atomic E-state index is 11.9. The summed E-state index contributed by atoms with van der Waals surface area (Å²) in [5, 5.41) is 0.620. The summed E-state index contributed by atoms with van der Waals surface area (Å²) in [6, 6.07) is 15.6. The third kappa shape index (κ3) is 4.08. The zero-order chi connectivity index (χ0) is 16.2. The molecule has 3 nitrogen and oxygen atoms in total. The lowest BCUT2D eigenvalue weighted by Crippen LogP contribution is -2.05. The highest BCUT2D eigenvalue weighted by Crippen LogP contribution is 2.19. The normalized spacial score (nSPS) is 15.7. The summed E-state index contributed by atoms with van der Waals surface area (Å²) in [7, 11) is 0. The van der Waals surface area contributed by atoms with Crippen LogP contribution >= 0.6 is 11.6 Å². The molecule has 3 rings (SSSR count). The summed E-state index contributed by atoms with van der Waals surface area (Å²) >= 11 is 5.94. The van der Waals surface area contributed by atoms with Crippen molar-refractivity contribution in [1.82, 2.24) is 0 Å². The molecule has 23 heavy (non-hydrogen) atoms. The Hall–Kier alpha value is -2.39. The predicted molar refractivity (Wildman–Crippen MR) is 92.5 cm³/mol. The number of nitrogens with zero attached hydrogens (tertiary/aromatic N) is 1. The van der Waals surface area contributed by atoms with Crippen molar-refractivity contribution in [2.24, 2.45) is 4.99 Å². The highest BCUT2D eigenvalue weighted by atomic mass is 35.5. The van der Waals surface area contributed by atoms with E-state index in [2.05, 4.69) is 36.2 Å². The van der Waals surface area contributed by atoms with Crippen LogP contribution in [0.5, 0.6) is 0 Å². The molecule has 0 aromatic heterocycles. The zero-order valence-corrected chi connectivity index (χ0v) is 13.5. The molecule has 0 bridgehead atoms. The van der Waals surface area contributed by atoms with Crippen molar-refractivity contribution in [3.63, 3.8) is 0 Å². The number of aliphatic imine (C=N–C) groups is 1. The van der Waals surface area contributed by atoms with Gasteiger partial charge < -0.3 is 4.74 Å². The second-order valence-electron chi connectivity index (χ2n) is 5.47. The number of ether oxygens (including phenoxy) is 1. The number of rotatable bonds is 4. The van der Waals surface area contributed by atoms with Crippen LogP contribution in [0.15, 0.2) is 59.2 Å². The Balaban J connectivity index is 1.70. The minimum absolute atomic E-state index is 0.311. The molecule has 2 aromatic carbocycles. The number of benzene rings is 2. The van der Waals surface area contributed by atoms with Crippen LogP contribution in [0.2, 0.25) is 5.02 Å². The summed E-state index contributed by atoms with van der Waals surface area (Å²) in [4.78, 5) is 16.2. The van der Waals surface area contributed by atoms with Crippen molar-refractivity contribution < 1.29 is 9.53 Å². The van der Waals surface area contributed by atoms with Gasteiger partial charge in [-0.05, 0) is 42.7 Å². The summed E-state index contributed by atoms with van der Waals surface area (Å²) in [5.41, 5.74) is 3.56. The number of carbonyl (C=O) groups is 1. The number of halogens is 1. The average molecular weight is 326 g/mol. The molecule has 1 aliphatic heterocycles. The summed E-state index contributed by atoms with van der Waals surface area (Å²) < 4.78 is 5.23. The molecule has 2 aromatic rings. The SMILES string of the molecule is Cc1ccc(CCC2=N/C(=C/c3cccc(Cl)c3)C(=O)O2)cc1. The first-order valence-corrected chi connectivity index (χ1v) is 7.80. The molecular weight excluding hydrogens is 310 g/mol. The Labute approximate surface area is 140 Å². The molecule has 0 atom stereocenters. The van der Waals surface area contributed by atoms with E-state index >= 15 is 0 Å². The van der Waals surface area contributed by atoms with Gasteiger partial charge in [0.25, 0.3) is 0 Å². The smallest absolute Gasteiger partial charge is 0.363 e. The fourth-order valence-corrected chi connectivity index (χ4v) is 2.52. The summed E-state index contributed by atoms with van der Waals surface area (Å²) in [5.74, 6) is 0.0488. The van der Waals surface area contributed by atoms with Crippen molar-refractivity contribution in [3.8, 4) is 0 Å². The van der Waals surface area contributed by atoms with Gasteiger partial charge in [-0.2, -0.15) is 0 Å². The molecule has 0 amide bonds. The summed E-state index contributed by atoms with van der Waals surface area (Å²) in [6.07, 6.45) is 3.08. The van der Waals surface area contributed by atoms with E-state index in [9.17, 15) is 4.79 Å². The quantitative estimate of drug-likeness (QED) is 0.609. The van der Waals surface area contributed by atoms with Gasteiger partial charge >= 0.3 is 5.97 Å². The number of hydrogen-bond acceptors (Lipinski definition) is 3. The Bertz CT molecular complexity index is 791. The van der Waals surface area contributed by atoms with Gasteiger partial charge in [0, 0.05) is 11.4 Å². The van der Waals surface area contributed by atoms with Gasteiger partial charge in [0.1, 0.15) is 0 Å². The lowest BCUT2D eigenvalue weighted by atomic mass is 10.1. The van der Waals surface area contributed by atoms with E-state index in [-0.39, 0.29) is 0 Å². The van der Waals surface area contributed by atoms with E-state index in [0.717, 1.165) is 12.0 Å². The molecule has 1 aliphatic rings. The minimum Gasteiger partial charge on any atom is -0.407 e. The average Bonchev–Trinajstić information content (AvgIpc) is 2.87. The first-order valence-electron chi connectivity index (χ1n) is 7.43. The second-order valence-corrected chi connectivity index (χ2v) is 5.90. The van der Waals surface area contributed by atoms with E-state index < -0.39 is 5.97 Å². The van der Waals surface area contributed by atoms with Gasteiger partial charge in [-0.15, -0.1) is 0 Å². The van der Waals surface area contributed by atoms with Gasteiger partial charge in [0.05, 0.1) is 0 Å². The minimum atomic E-state index is -0.413. The maximum Gasteiger partial charge on any atom is 0.363 e. The topological polar surface area (TPSA) is 38.7 Å². The molecule has 0 fully saturated rings. The van der Waals surface area contributed by atoms with E-state index in [4.69, 9.17) is 16.3 Å². The van der Waals surface area contributed by atoms with Crippen LogP contribution in [0.4, 0.5) is 0 Å². The van der Waals surface area contributed by atoms with E-state index in [1.54, 1.807) is 18.2 Å². The lowest BCUT2D eigenvalue weighted by Gasteiger charge is -2.01. The Morgan fingerprint density at radius 3 is 2.65 bits per heavy atom. The van der Waals surface area contributed by atoms with Crippen LogP contribution < -0.4 is 0 Å². The molecule has 0 N–H and O–H groups in total. The monoisotopic (exact) mass is 325 g/mol. The first kappa shape index (κ1) is 15.5. The van der Waals surface area contributed by atoms with Gasteiger partial charge in [0.15, 0.2) is 11.6 Å². The molecule has 116 valence electrons. The van der Waals surface area contributed by atoms with Crippen LogP contribution in [0.1, 0.15) is 23.1 Å². The van der Waals surface area contributed by atoms with Crippen LogP contribution in [0, 0.1) is 6.92 Å².